The van der Waals surface area contributed by atoms with E-state index in [0.717, 1.165) is 25.7 Å². The van der Waals surface area contributed by atoms with E-state index < -0.39 is 23.5 Å². The third kappa shape index (κ3) is 4.60. The fraction of sp³-hybridized carbons (Fsp3) is 0.773. The molecule has 2 heterocycles. The third-order valence-corrected chi connectivity index (χ3v) is 6.95. The molecule has 3 fully saturated rings. The first-order valence-electron chi connectivity index (χ1n) is 11.5. The van der Waals surface area contributed by atoms with Crippen LogP contribution in [0.15, 0.2) is 6.20 Å². The molecule has 1 amide bonds. The second-order valence-electron chi connectivity index (χ2n) is 9.87. The van der Waals surface area contributed by atoms with Crippen LogP contribution in [0.2, 0.25) is 0 Å². The van der Waals surface area contributed by atoms with Gasteiger partial charge in [0.2, 0.25) is 5.85 Å². The van der Waals surface area contributed by atoms with Gasteiger partial charge in [0, 0.05) is 18.2 Å². The van der Waals surface area contributed by atoms with Gasteiger partial charge >= 0.3 is 0 Å². The molecule has 10 heteroatoms. The highest BCUT2D eigenvalue weighted by Gasteiger charge is 2.50. The SMILES string of the molecule is CC(C)OC1(F)CN([C@H]2CC[C@](CC#N)(n3cc(C(N)=O)c(NC(O)C4CC4)n3)CC2)C1. The first-order valence-corrected chi connectivity index (χ1v) is 11.5. The lowest BCUT2D eigenvalue weighted by atomic mass is 9.76. The molecule has 0 aromatic carbocycles. The molecular formula is C22H33FN6O3. The molecule has 3 aliphatic rings. The zero-order valence-corrected chi connectivity index (χ0v) is 18.8. The molecule has 1 aliphatic heterocycles. The van der Waals surface area contributed by atoms with Gasteiger partial charge in [-0.15, -0.1) is 0 Å². The van der Waals surface area contributed by atoms with Crippen molar-refractivity contribution in [1.82, 2.24) is 14.7 Å². The van der Waals surface area contributed by atoms with Gasteiger partial charge in [-0.05, 0) is 52.4 Å². The van der Waals surface area contributed by atoms with Crippen LogP contribution in [0.1, 0.15) is 69.2 Å². The maximum absolute atomic E-state index is 14.6. The van der Waals surface area contributed by atoms with Gasteiger partial charge in [0.25, 0.3) is 5.91 Å². The predicted molar refractivity (Wildman–Crippen MR) is 115 cm³/mol. The van der Waals surface area contributed by atoms with Gasteiger partial charge < -0.3 is 20.9 Å². The Morgan fingerprint density at radius 1 is 1.41 bits per heavy atom. The first kappa shape index (κ1) is 23.0. The van der Waals surface area contributed by atoms with E-state index in [1.54, 1.807) is 10.9 Å². The monoisotopic (exact) mass is 448 g/mol. The largest absolute Gasteiger partial charge is 0.373 e. The van der Waals surface area contributed by atoms with Gasteiger partial charge in [-0.2, -0.15) is 10.4 Å². The highest BCUT2D eigenvalue weighted by molar-refractivity contribution is 5.97. The molecule has 4 rings (SSSR count). The minimum atomic E-state index is -1.57. The molecule has 9 nitrogen and oxygen atoms in total. The van der Waals surface area contributed by atoms with Gasteiger partial charge in [-0.25, -0.2) is 4.39 Å². The predicted octanol–water partition coefficient (Wildman–Crippen LogP) is 2.08. The summed E-state index contributed by atoms with van der Waals surface area (Å²) in [6.07, 6.45) is 5.70. The van der Waals surface area contributed by atoms with E-state index in [2.05, 4.69) is 21.4 Å². The maximum atomic E-state index is 14.6. The van der Waals surface area contributed by atoms with Crippen molar-refractivity contribution < 1.29 is 19.0 Å². The van der Waals surface area contributed by atoms with Crippen molar-refractivity contribution in [3.05, 3.63) is 11.8 Å². The average molecular weight is 449 g/mol. The topological polar surface area (TPSA) is 129 Å². The van der Waals surface area contributed by atoms with E-state index >= 15 is 0 Å². The summed E-state index contributed by atoms with van der Waals surface area (Å²) in [7, 11) is 0. The number of alkyl halides is 1. The quantitative estimate of drug-likeness (QED) is 0.493. The average Bonchev–Trinajstić information content (AvgIpc) is 3.46. The minimum Gasteiger partial charge on any atom is -0.373 e. The number of carbonyl (C=O) groups excluding carboxylic acids is 1. The van der Waals surface area contributed by atoms with Gasteiger partial charge in [-0.3, -0.25) is 14.4 Å². The second kappa shape index (κ2) is 8.61. The number of aliphatic hydroxyl groups excluding tert-OH is 1. The maximum Gasteiger partial charge on any atom is 0.254 e. The van der Waals surface area contributed by atoms with Gasteiger partial charge in [0.05, 0.1) is 37.2 Å². The van der Waals surface area contributed by atoms with Crippen LogP contribution in [0.3, 0.4) is 0 Å². The number of primary amides is 1. The molecule has 2 aliphatic carbocycles. The Morgan fingerprint density at radius 3 is 2.59 bits per heavy atom. The highest BCUT2D eigenvalue weighted by Crippen LogP contribution is 2.42. The van der Waals surface area contributed by atoms with Crippen LogP contribution < -0.4 is 11.1 Å². The van der Waals surface area contributed by atoms with Crippen LogP contribution in [-0.4, -0.2) is 63.0 Å². The van der Waals surface area contributed by atoms with Crippen molar-refractivity contribution in [1.29, 1.82) is 5.26 Å². The van der Waals surface area contributed by atoms with E-state index in [9.17, 15) is 19.6 Å². The molecule has 0 radical (unpaired) electrons. The fourth-order valence-corrected chi connectivity index (χ4v) is 5.03. The van der Waals surface area contributed by atoms with Crippen LogP contribution in [0, 0.1) is 17.2 Å². The second-order valence-corrected chi connectivity index (χ2v) is 9.87. The summed E-state index contributed by atoms with van der Waals surface area (Å²) in [5.74, 6) is -1.79. The number of carbonyl (C=O) groups is 1. The number of nitrogens with one attached hydrogen (secondary N) is 1. The molecule has 0 spiro atoms. The Morgan fingerprint density at radius 2 is 2.06 bits per heavy atom. The van der Waals surface area contributed by atoms with Crippen LogP contribution >= 0.6 is 0 Å². The molecule has 1 saturated heterocycles. The standard InChI is InChI=1S/C22H33FN6O3/c1-14(2)32-22(23)12-28(13-22)16-5-7-21(8-6-16,9-10-24)29-11-17(18(25)30)19(27-29)26-20(31)15-3-4-15/h11,14-16,20,31H,3-9,12-13H2,1-2H3,(H2,25,30)(H,26,27)/t16-,20?,21-. The van der Waals surface area contributed by atoms with E-state index in [1.807, 2.05) is 13.8 Å². The van der Waals surface area contributed by atoms with E-state index in [4.69, 9.17) is 10.5 Å². The fourth-order valence-electron chi connectivity index (χ4n) is 5.03. The molecular weight excluding hydrogens is 415 g/mol. The smallest absolute Gasteiger partial charge is 0.254 e. The van der Waals surface area contributed by atoms with Crippen LogP contribution in [0.4, 0.5) is 10.2 Å². The summed E-state index contributed by atoms with van der Waals surface area (Å²) in [6.45, 7) is 4.19. The first-order chi connectivity index (χ1) is 15.1. The van der Waals surface area contributed by atoms with Crippen LogP contribution in [-0.2, 0) is 10.3 Å². The summed E-state index contributed by atoms with van der Waals surface area (Å²) in [5, 5.41) is 27.3. The van der Waals surface area contributed by atoms with Crippen molar-refractivity contribution >= 4 is 11.7 Å². The van der Waals surface area contributed by atoms with E-state index in [-0.39, 0.29) is 49.0 Å². The Kier molecular flexibility index (Phi) is 6.18. The number of nitrogens with two attached hydrogens (primary N) is 1. The van der Waals surface area contributed by atoms with Crippen molar-refractivity contribution in [2.75, 3.05) is 18.4 Å². The number of amides is 1. The zero-order valence-electron chi connectivity index (χ0n) is 18.8. The summed E-state index contributed by atoms with van der Waals surface area (Å²) in [5.41, 5.74) is 5.20. The molecule has 0 bridgehead atoms. The van der Waals surface area contributed by atoms with E-state index in [1.165, 1.54) is 0 Å². The van der Waals surface area contributed by atoms with Gasteiger partial charge in [0.15, 0.2) is 5.82 Å². The molecule has 1 atom stereocenters. The molecule has 2 saturated carbocycles. The number of likely N-dealkylation sites (tertiary alicyclic amines) is 1. The lowest BCUT2D eigenvalue weighted by molar-refractivity contribution is -0.252. The summed E-state index contributed by atoms with van der Waals surface area (Å²) in [4.78, 5) is 14.1. The number of anilines is 1. The number of ether oxygens (including phenoxy) is 1. The molecule has 1 aromatic heterocycles. The number of hydrogen-bond acceptors (Lipinski definition) is 7. The summed E-state index contributed by atoms with van der Waals surface area (Å²) in [6, 6.07) is 2.49. The number of halogens is 1. The van der Waals surface area contributed by atoms with Crippen molar-refractivity contribution in [3.63, 3.8) is 0 Å². The Hall–Kier alpha value is -2.22. The molecule has 176 valence electrons. The minimum absolute atomic E-state index is 0.155. The molecule has 4 N–H and O–H groups in total. The number of hydrogen-bond donors (Lipinski definition) is 3. The Labute approximate surface area is 187 Å². The lowest BCUT2D eigenvalue weighted by Gasteiger charge is -2.51. The van der Waals surface area contributed by atoms with Gasteiger partial charge in [0.1, 0.15) is 11.8 Å². The van der Waals surface area contributed by atoms with E-state index in [0.29, 0.717) is 12.8 Å². The molecule has 1 unspecified atom stereocenters. The number of aromatic nitrogens is 2. The molecule has 32 heavy (non-hydrogen) atoms. The number of aliphatic hydroxyl groups is 1. The lowest BCUT2D eigenvalue weighted by Crippen LogP contribution is -2.64. The number of rotatable bonds is 9. The Balaban J connectivity index is 1.46. The van der Waals surface area contributed by atoms with Crippen LogP contribution in [0.25, 0.3) is 0 Å². The molecule has 1 aromatic rings. The summed E-state index contributed by atoms with van der Waals surface area (Å²) >= 11 is 0. The normalized spacial score (nSPS) is 28.7. The Bertz CT molecular complexity index is 879. The van der Waals surface area contributed by atoms with Crippen molar-refractivity contribution in [2.24, 2.45) is 11.7 Å². The van der Waals surface area contributed by atoms with Crippen LogP contribution in [0.5, 0.6) is 0 Å². The highest BCUT2D eigenvalue weighted by atomic mass is 19.2. The summed E-state index contributed by atoms with van der Waals surface area (Å²) < 4.78 is 21.7. The third-order valence-electron chi connectivity index (χ3n) is 6.95. The van der Waals surface area contributed by atoms with Gasteiger partial charge in [-0.1, -0.05) is 0 Å². The number of nitrogens with zero attached hydrogens (tertiary/aromatic N) is 4. The zero-order chi connectivity index (χ0) is 23.1. The number of nitriles is 1. The van der Waals surface area contributed by atoms with Crippen molar-refractivity contribution in [3.8, 4) is 6.07 Å². The van der Waals surface area contributed by atoms with Crippen molar-refractivity contribution in [2.45, 2.75) is 88.6 Å².